The summed E-state index contributed by atoms with van der Waals surface area (Å²) >= 11 is 0. The Bertz CT molecular complexity index is 513. The van der Waals surface area contributed by atoms with Crippen molar-refractivity contribution in [3.63, 3.8) is 0 Å². The fraction of sp³-hybridized carbons (Fsp3) is 0.900. The van der Waals surface area contributed by atoms with E-state index >= 15 is 0 Å². The Morgan fingerprint density at radius 3 is 2.57 bits per heavy atom. The van der Waals surface area contributed by atoms with Crippen LogP contribution in [-0.2, 0) is 4.79 Å². The Balaban J connectivity index is 0.00000392. The molecular weight excluding hydrogens is 467 g/mol. The van der Waals surface area contributed by atoms with Gasteiger partial charge < -0.3 is 15.5 Å². The van der Waals surface area contributed by atoms with Gasteiger partial charge in [-0.1, -0.05) is 6.92 Å². The number of carbonyl (C=O) groups excluding carboxylic acids is 1. The Morgan fingerprint density at radius 1 is 1.29 bits per heavy atom. The second-order valence-electron chi connectivity index (χ2n) is 8.55. The fourth-order valence-electron chi connectivity index (χ4n) is 4.14. The summed E-state index contributed by atoms with van der Waals surface area (Å²) in [6, 6.07) is 1.10. The van der Waals surface area contributed by atoms with Crippen LogP contribution in [0.1, 0.15) is 40.0 Å². The van der Waals surface area contributed by atoms with Crippen LogP contribution in [0.15, 0.2) is 4.99 Å². The van der Waals surface area contributed by atoms with Gasteiger partial charge in [-0.15, -0.1) is 24.0 Å². The van der Waals surface area contributed by atoms with Crippen LogP contribution in [0.3, 0.4) is 0 Å². The molecule has 2 aliphatic rings. The fourth-order valence-corrected chi connectivity index (χ4v) is 4.14. The minimum absolute atomic E-state index is 0. The summed E-state index contributed by atoms with van der Waals surface area (Å²) in [6.07, 6.45) is 3.11. The van der Waals surface area contributed by atoms with Gasteiger partial charge in [0.2, 0.25) is 5.91 Å². The zero-order valence-corrected chi connectivity index (χ0v) is 20.9. The van der Waals surface area contributed by atoms with E-state index in [-0.39, 0.29) is 35.9 Å². The highest BCUT2D eigenvalue weighted by molar-refractivity contribution is 14.0. The van der Waals surface area contributed by atoms with Crippen molar-refractivity contribution in [3.8, 4) is 0 Å². The third-order valence-corrected chi connectivity index (χ3v) is 5.92. The van der Waals surface area contributed by atoms with Crippen molar-refractivity contribution in [3.05, 3.63) is 0 Å². The normalized spacial score (nSPS) is 26.4. The van der Waals surface area contributed by atoms with Crippen LogP contribution in [0.5, 0.6) is 0 Å². The van der Waals surface area contributed by atoms with Crippen LogP contribution in [0.4, 0.5) is 0 Å². The Labute approximate surface area is 188 Å². The smallest absolute Gasteiger partial charge is 0.239 e. The molecule has 2 rings (SSSR count). The minimum Gasteiger partial charge on any atom is -0.356 e. The lowest BCUT2D eigenvalue weighted by molar-refractivity contribution is -0.133. The van der Waals surface area contributed by atoms with Gasteiger partial charge in [-0.05, 0) is 45.6 Å². The number of carbonyl (C=O) groups is 1. The third kappa shape index (κ3) is 7.02. The van der Waals surface area contributed by atoms with Gasteiger partial charge in [0.1, 0.15) is 0 Å². The summed E-state index contributed by atoms with van der Waals surface area (Å²) in [4.78, 5) is 23.2. The Morgan fingerprint density at radius 2 is 2.00 bits per heavy atom. The molecule has 8 heteroatoms. The molecular formula is C20H41IN6O. The highest BCUT2D eigenvalue weighted by atomic mass is 127. The number of likely N-dealkylation sites (tertiary alicyclic amines) is 2. The molecule has 0 bridgehead atoms. The van der Waals surface area contributed by atoms with E-state index < -0.39 is 0 Å². The molecule has 0 aromatic carbocycles. The molecule has 0 saturated carbocycles. The van der Waals surface area contributed by atoms with Crippen molar-refractivity contribution < 1.29 is 4.79 Å². The van der Waals surface area contributed by atoms with Crippen LogP contribution >= 0.6 is 24.0 Å². The molecule has 3 unspecified atom stereocenters. The van der Waals surface area contributed by atoms with Gasteiger partial charge in [0.25, 0.3) is 0 Å². The third-order valence-electron chi connectivity index (χ3n) is 5.92. The first-order valence-corrected chi connectivity index (χ1v) is 10.5. The van der Waals surface area contributed by atoms with E-state index in [0.29, 0.717) is 18.0 Å². The zero-order chi connectivity index (χ0) is 20.0. The van der Waals surface area contributed by atoms with E-state index in [1.807, 2.05) is 21.1 Å². The maximum atomic E-state index is 12.3. The summed E-state index contributed by atoms with van der Waals surface area (Å²) in [6.45, 7) is 11.9. The highest BCUT2D eigenvalue weighted by Gasteiger charge is 2.32. The average Bonchev–Trinajstić information content (AvgIpc) is 3.23. The van der Waals surface area contributed by atoms with Gasteiger partial charge in [0.05, 0.1) is 6.04 Å². The average molecular weight is 508 g/mol. The molecule has 0 aromatic heterocycles. The molecule has 2 saturated heterocycles. The number of amides is 1. The van der Waals surface area contributed by atoms with Crippen molar-refractivity contribution in [2.24, 2.45) is 10.9 Å². The summed E-state index contributed by atoms with van der Waals surface area (Å²) in [5.41, 5.74) is 0. The number of nitrogens with zero attached hydrogens (tertiary/aromatic N) is 4. The SMILES string of the molecule is CN=C(NCCCN1CCCC1C(=O)N(C)C)NC1CN(C(C)C)CC1C.I. The standard InChI is InChI=1S/C20H40N6O.HI/c1-15(2)26-13-16(3)17(14-26)23-20(21-4)22-10-8-12-25-11-7-9-18(25)19(27)24(5)6;/h15-18H,7-14H2,1-6H3,(H2,21,22,23);1H. The molecule has 2 aliphatic heterocycles. The summed E-state index contributed by atoms with van der Waals surface area (Å²) < 4.78 is 0. The lowest BCUT2D eigenvalue weighted by Crippen LogP contribution is -2.47. The van der Waals surface area contributed by atoms with E-state index in [1.54, 1.807) is 4.90 Å². The molecule has 0 aliphatic carbocycles. The summed E-state index contributed by atoms with van der Waals surface area (Å²) in [5, 5.41) is 7.04. The topological polar surface area (TPSA) is 63.2 Å². The number of aliphatic imine (C=N–C) groups is 1. The first-order chi connectivity index (χ1) is 12.8. The van der Waals surface area contributed by atoms with E-state index in [1.165, 1.54) is 0 Å². The number of likely N-dealkylation sites (N-methyl/N-ethyl adjacent to an activating group) is 1. The molecule has 2 N–H and O–H groups in total. The number of nitrogens with one attached hydrogen (secondary N) is 2. The van der Waals surface area contributed by atoms with Crippen LogP contribution in [0, 0.1) is 5.92 Å². The molecule has 3 atom stereocenters. The molecule has 28 heavy (non-hydrogen) atoms. The maximum Gasteiger partial charge on any atom is 0.239 e. The van der Waals surface area contributed by atoms with E-state index in [2.05, 4.69) is 46.2 Å². The van der Waals surface area contributed by atoms with Crippen LogP contribution < -0.4 is 10.6 Å². The van der Waals surface area contributed by atoms with Crippen LogP contribution in [-0.4, -0.2) is 98.6 Å². The largest absolute Gasteiger partial charge is 0.356 e. The number of halogens is 1. The first kappa shape index (κ1) is 25.4. The van der Waals surface area contributed by atoms with Gasteiger partial charge in [0.15, 0.2) is 5.96 Å². The van der Waals surface area contributed by atoms with Crippen molar-refractivity contribution in [1.29, 1.82) is 0 Å². The van der Waals surface area contributed by atoms with E-state index in [4.69, 9.17) is 0 Å². The molecule has 2 fully saturated rings. The zero-order valence-electron chi connectivity index (χ0n) is 18.6. The quantitative estimate of drug-likeness (QED) is 0.236. The predicted octanol–water partition coefficient (Wildman–Crippen LogP) is 1.44. The van der Waals surface area contributed by atoms with Gasteiger partial charge >= 0.3 is 0 Å². The molecule has 2 heterocycles. The van der Waals surface area contributed by atoms with Gasteiger partial charge in [0, 0.05) is 59.4 Å². The monoisotopic (exact) mass is 508 g/mol. The highest BCUT2D eigenvalue weighted by Crippen LogP contribution is 2.19. The van der Waals surface area contributed by atoms with Crippen molar-refractivity contribution >= 4 is 35.8 Å². The van der Waals surface area contributed by atoms with Gasteiger partial charge in [-0.2, -0.15) is 0 Å². The lowest BCUT2D eigenvalue weighted by atomic mass is 10.1. The number of hydrogen-bond acceptors (Lipinski definition) is 4. The first-order valence-electron chi connectivity index (χ1n) is 10.5. The van der Waals surface area contributed by atoms with E-state index in [0.717, 1.165) is 57.9 Å². The maximum absolute atomic E-state index is 12.3. The number of hydrogen-bond donors (Lipinski definition) is 2. The van der Waals surface area contributed by atoms with Crippen LogP contribution in [0.25, 0.3) is 0 Å². The lowest BCUT2D eigenvalue weighted by Gasteiger charge is -2.26. The van der Waals surface area contributed by atoms with Gasteiger partial charge in [-0.25, -0.2) is 0 Å². The molecule has 7 nitrogen and oxygen atoms in total. The molecule has 0 spiro atoms. The molecule has 0 radical (unpaired) electrons. The molecule has 1 amide bonds. The minimum atomic E-state index is 0. The van der Waals surface area contributed by atoms with Gasteiger partial charge in [-0.3, -0.25) is 19.6 Å². The predicted molar refractivity (Wildman–Crippen MR) is 127 cm³/mol. The van der Waals surface area contributed by atoms with Crippen LogP contribution in [0.2, 0.25) is 0 Å². The second-order valence-corrected chi connectivity index (χ2v) is 8.55. The molecule has 0 aromatic rings. The number of rotatable bonds is 7. The Hall–Kier alpha value is -0.610. The summed E-state index contributed by atoms with van der Waals surface area (Å²) in [7, 11) is 5.53. The van der Waals surface area contributed by atoms with Crippen molar-refractivity contribution in [2.45, 2.75) is 58.2 Å². The molecule has 164 valence electrons. The second kappa shape index (κ2) is 12.2. The van der Waals surface area contributed by atoms with Crippen molar-refractivity contribution in [1.82, 2.24) is 25.3 Å². The summed E-state index contributed by atoms with van der Waals surface area (Å²) in [5.74, 6) is 1.75. The van der Waals surface area contributed by atoms with E-state index in [9.17, 15) is 4.79 Å². The Kier molecular flexibility index (Phi) is 11.1. The number of guanidine groups is 1. The van der Waals surface area contributed by atoms with Crippen molar-refractivity contribution in [2.75, 3.05) is 53.9 Å².